The first-order valence-electron chi connectivity index (χ1n) is 8.17. The van der Waals surface area contributed by atoms with Crippen LogP contribution in [0.5, 0.6) is 11.5 Å². The number of hydrogen-bond donors (Lipinski definition) is 1. The standard InChI is InChI=1S/C18H26N4O2S/c1-6-17-21-14(12-25-17)10-20-18(19-2)22(3)11-13-7-8-15(23-4)9-16(13)24-5/h7-9,12H,6,10-11H2,1-5H3,(H,19,20). The lowest BCUT2D eigenvalue weighted by atomic mass is 10.2. The molecule has 0 saturated carbocycles. The molecular formula is C18H26N4O2S. The molecule has 7 heteroatoms. The zero-order valence-corrected chi connectivity index (χ0v) is 16.3. The van der Waals surface area contributed by atoms with Gasteiger partial charge >= 0.3 is 0 Å². The molecule has 1 aromatic carbocycles. The fraction of sp³-hybridized carbons (Fsp3) is 0.444. The van der Waals surface area contributed by atoms with Gasteiger partial charge < -0.3 is 19.7 Å². The van der Waals surface area contributed by atoms with Crippen molar-refractivity contribution in [2.75, 3.05) is 28.3 Å². The zero-order chi connectivity index (χ0) is 18.2. The van der Waals surface area contributed by atoms with Crippen molar-refractivity contribution in [2.24, 2.45) is 4.99 Å². The van der Waals surface area contributed by atoms with E-state index in [9.17, 15) is 0 Å². The quantitative estimate of drug-likeness (QED) is 0.606. The Balaban J connectivity index is 2.01. The molecule has 0 aliphatic rings. The Hall–Kier alpha value is -2.28. The van der Waals surface area contributed by atoms with Gasteiger partial charge in [-0.3, -0.25) is 4.99 Å². The number of thiazole rings is 1. The molecule has 1 N–H and O–H groups in total. The molecule has 1 heterocycles. The van der Waals surface area contributed by atoms with Crippen LogP contribution in [0.1, 0.15) is 23.2 Å². The van der Waals surface area contributed by atoms with Crippen molar-refractivity contribution in [1.82, 2.24) is 15.2 Å². The predicted octanol–water partition coefficient (Wildman–Crippen LogP) is 2.93. The SMILES string of the molecule is CCc1nc(CNC(=NC)N(C)Cc2ccc(OC)cc2OC)cs1. The number of benzene rings is 1. The molecule has 6 nitrogen and oxygen atoms in total. The minimum atomic E-state index is 0.660. The summed E-state index contributed by atoms with van der Waals surface area (Å²) in [5.74, 6) is 2.39. The smallest absolute Gasteiger partial charge is 0.194 e. The Morgan fingerprint density at radius 3 is 2.72 bits per heavy atom. The number of aryl methyl sites for hydroxylation is 1. The highest BCUT2D eigenvalue weighted by Gasteiger charge is 2.12. The van der Waals surface area contributed by atoms with Crippen LogP contribution in [-0.2, 0) is 19.5 Å². The van der Waals surface area contributed by atoms with Crippen LogP contribution in [0.2, 0.25) is 0 Å². The largest absolute Gasteiger partial charge is 0.497 e. The highest BCUT2D eigenvalue weighted by Crippen LogP contribution is 2.25. The predicted molar refractivity (Wildman–Crippen MR) is 103 cm³/mol. The maximum absolute atomic E-state index is 5.47. The lowest BCUT2D eigenvalue weighted by molar-refractivity contribution is 0.382. The molecule has 2 rings (SSSR count). The van der Waals surface area contributed by atoms with Gasteiger partial charge in [0.05, 0.1) is 31.5 Å². The molecule has 0 bridgehead atoms. The van der Waals surface area contributed by atoms with Gasteiger partial charge in [-0.15, -0.1) is 11.3 Å². The lowest BCUT2D eigenvalue weighted by Gasteiger charge is -2.23. The molecule has 0 fully saturated rings. The van der Waals surface area contributed by atoms with Crippen molar-refractivity contribution >= 4 is 17.3 Å². The maximum Gasteiger partial charge on any atom is 0.194 e. The number of methoxy groups -OCH3 is 2. The minimum Gasteiger partial charge on any atom is -0.497 e. The second-order valence-electron chi connectivity index (χ2n) is 5.52. The summed E-state index contributed by atoms with van der Waals surface area (Å²) in [5, 5.41) is 6.60. The number of rotatable bonds is 7. The third-order valence-corrected chi connectivity index (χ3v) is 4.85. The fourth-order valence-corrected chi connectivity index (χ4v) is 3.20. The number of nitrogens with one attached hydrogen (secondary N) is 1. The summed E-state index contributed by atoms with van der Waals surface area (Å²) >= 11 is 1.70. The van der Waals surface area contributed by atoms with Gasteiger partial charge in [-0.2, -0.15) is 0 Å². The van der Waals surface area contributed by atoms with E-state index in [-0.39, 0.29) is 0 Å². The van der Waals surface area contributed by atoms with E-state index < -0.39 is 0 Å². The van der Waals surface area contributed by atoms with Crippen LogP contribution < -0.4 is 14.8 Å². The van der Waals surface area contributed by atoms with Crippen LogP contribution in [0, 0.1) is 0 Å². The molecule has 0 aliphatic heterocycles. The van der Waals surface area contributed by atoms with Crippen LogP contribution >= 0.6 is 11.3 Å². The molecule has 0 spiro atoms. The second-order valence-corrected chi connectivity index (χ2v) is 6.46. The topological polar surface area (TPSA) is 59.0 Å². The van der Waals surface area contributed by atoms with E-state index in [0.29, 0.717) is 13.1 Å². The highest BCUT2D eigenvalue weighted by molar-refractivity contribution is 7.09. The zero-order valence-electron chi connectivity index (χ0n) is 15.5. The number of guanidine groups is 1. The van der Waals surface area contributed by atoms with E-state index in [2.05, 4.69) is 32.5 Å². The second kappa shape index (κ2) is 9.27. The molecule has 1 aromatic heterocycles. The van der Waals surface area contributed by atoms with Gasteiger partial charge in [0.25, 0.3) is 0 Å². The summed E-state index contributed by atoms with van der Waals surface area (Å²) in [4.78, 5) is 11.0. The summed E-state index contributed by atoms with van der Waals surface area (Å²) in [7, 11) is 7.09. The van der Waals surface area contributed by atoms with Crippen LogP contribution in [0.25, 0.3) is 0 Å². The van der Waals surface area contributed by atoms with E-state index in [1.54, 1.807) is 32.6 Å². The monoisotopic (exact) mass is 362 g/mol. The third-order valence-electron chi connectivity index (χ3n) is 3.80. The van der Waals surface area contributed by atoms with Crippen molar-refractivity contribution < 1.29 is 9.47 Å². The van der Waals surface area contributed by atoms with Crippen molar-refractivity contribution in [2.45, 2.75) is 26.4 Å². The Kier molecular flexibility index (Phi) is 7.06. The van der Waals surface area contributed by atoms with Crippen LogP contribution in [0.4, 0.5) is 0 Å². The lowest BCUT2D eigenvalue weighted by Crippen LogP contribution is -2.38. The molecule has 0 saturated heterocycles. The Bertz CT molecular complexity index is 715. The number of nitrogens with zero attached hydrogens (tertiary/aromatic N) is 3. The number of ether oxygens (including phenoxy) is 2. The first-order chi connectivity index (χ1) is 12.1. The van der Waals surface area contributed by atoms with Crippen LogP contribution in [0.15, 0.2) is 28.6 Å². The molecule has 0 radical (unpaired) electrons. The molecular weight excluding hydrogens is 336 g/mol. The van der Waals surface area contributed by atoms with Crippen molar-refractivity contribution in [1.29, 1.82) is 0 Å². The Labute approximate surface area is 153 Å². The number of aliphatic imine (C=N–C) groups is 1. The first kappa shape index (κ1) is 19.1. The van der Waals surface area contributed by atoms with Crippen molar-refractivity contribution in [3.05, 3.63) is 39.8 Å². The van der Waals surface area contributed by atoms with E-state index in [1.165, 1.54) is 0 Å². The molecule has 0 aliphatic carbocycles. The van der Waals surface area contributed by atoms with Gasteiger partial charge in [-0.05, 0) is 18.6 Å². The minimum absolute atomic E-state index is 0.660. The molecule has 0 atom stereocenters. The van der Waals surface area contributed by atoms with E-state index >= 15 is 0 Å². The molecule has 25 heavy (non-hydrogen) atoms. The molecule has 2 aromatic rings. The van der Waals surface area contributed by atoms with Crippen LogP contribution in [-0.4, -0.2) is 44.2 Å². The maximum atomic E-state index is 5.47. The highest BCUT2D eigenvalue weighted by atomic mass is 32.1. The number of aromatic nitrogens is 1. The average Bonchev–Trinajstić information content (AvgIpc) is 3.10. The van der Waals surface area contributed by atoms with Gasteiger partial charge in [0.15, 0.2) is 5.96 Å². The third kappa shape index (κ3) is 5.09. The molecule has 0 unspecified atom stereocenters. The molecule has 0 amide bonds. The molecule has 136 valence electrons. The van der Waals surface area contributed by atoms with Crippen LogP contribution in [0.3, 0.4) is 0 Å². The van der Waals surface area contributed by atoms with Gasteiger partial charge in [-0.25, -0.2) is 4.98 Å². The van der Waals surface area contributed by atoms with E-state index in [1.807, 2.05) is 25.2 Å². The first-order valence-corrected chi connectivity index (χ1v) is 9.05. The summed E-state index contributed by atoms with van der Waals surface area (Å²) in [6.07, 6.45) is 0.969. The van der Waals surface area contributed by atoms with Crippen molar-refractivity contribution in [3.8, 4) is 11.5 Å². The fourth-order valence-electron chi connectivity index (χ4n) is 2.46. The van der Waals surface area contributed by atoms with Gasteiger partial charge in [0.1, 0.15) is 11.5 Å². The summed E-state index contributed by atoms with van der Waals surface area (Å²) < 4.78 is 10.7. The number of hydrogen-bond acceptors (Lipinski definition) is 5. The van der Waals surface area contributed by atoms with E-state index in [4.69, 9.17) is 9.47 Å². The average molecular weight is 362 g/mol. The summed E-state index contributed by atoms with van der Waals surface area (Å²) in [5.41, 5.74) is 2.11. The normalized spacial score (nSPS) is 11.3. The summed E-state index contributed by atoms with van der Waals surface area (Å²) in [6.45, 7) is 3.45. The van der Waals surface area contributed by atoms with Crippen molar-refractivity contribution in [3.63, 3.8) is 0 Å². The summed E-state index contributed by atoms with van der Waals surface area (Å²) in [6, 6.07) is 5.83. The van der Waals surface area contributed by atoms with Gasteiger partial charge in [0.2, 0.25) is 0 Å². The van der Waals surface area contributed by atoms with Gasteiger partial charge in [-0.1, -0.05) is 6.92 Å². The Morgan fingerprint density at radius 1 is 1.32 bits per heavy atom. The van der Waals surface area contributed by atoms with E-state index in [0.717, 1.165) is 40.1 Å². The Morgan fingerprint density at radius 2 is 2.12 bits per heavy atom. The van der Waals surface area contributed by atoms with Gasteiger partial charge in [0, 0.05) is 37.6 Å².